The molecule has 26 heavy (non-hydrogen) atoms. The van der Waals surface area contributed by atoms with E-state index in [1.807, 2.05) is 20.8 Å². The lowest BCUT2D eigenvalue weighted by Crippen LogP contribution is -2.46. The standard InChI is InChI=1S/C20H34N2O3S/c1-9-22(10-2)26(24,25)16-12-11-15(3)17(13-16)18(23)21-20(7,8)14-19(4,5)6/h11-13H,9-10,14H2,1-8H3,(H,21,23). The molecular formula is C20H34N2O3S. The molecule has 6 heteroatoms. The third-order valence-electron chi connectivity index (χ3n) is 4.22. The average molecular weight is 383 g/mol. The summed E-state index contributed by atoms with van der Waals surface area (Å²) in [5.74, 6) is -0.242. The minimum atomic E-state index is -3.59. The zero-order valence-corrected chi connectivity index (χ0v) is 18.3. The zero-order valence-electron chi connectivity index (χ0n) is 17.4. The van der Waals surface area contributed by atoms with Crippen LogP contribution in [0.2, 0.25) is 0 Å². The van der Waals surface area contributed by atoms with Gasteiger partial charge in [-0.15, -0.1) is 0 Å². The molecule has 1 amide bonds. The number of rotatable bonds is 7. The lowest BCUT2D eigenvalue weighted by Gasteiger charge is -2.33. The van der Waals surface area contributed by atoms with Crippen LogP contribution in [-0.4, -0.2) is 37.3 Å². The van der Waals surface area contributed by atoms with E-state index in [2.05, 4.69) is 26.1 Å². The molecule has 0 radical (unpaired) electrons. The minimum absolute atomic E-state index is 0.0692. The first-order valence-corrected chi connectivity index (χ1v) is 10.6. The molecule has 5 nitrogen and oxygen atoms in total. The summed E-state index contributed by atoms with van der Waals surface area (Å²) in [5.41, 5.74) is 0.836. The molecule has 0 heterocycles. The fourth-order valence-electron chi connectivity index (χ4n) is 3.46. The highest BCUT2D eigenvalue weighted by Gasteiger charge is 2.29. The van der Waals surface area contributed by atoms with Crippen molar-refractivity contribution in [2.75, 3.05) is 13.1 Å². The molecule has 0 spiro atoms. The van der Waals surface area contributed by atoms with E-state index in [0.29, 0.717) is 18.7 Å². The van der Waals surface area contributed by atoms with Crippen molar-refractivity contribution in [3.8, 4) is 0 Å². The number of carbonyl (C=O) groups is 1. The maximum absolute atomic E-state index is 12.8. The van der Waals surface area contributed by atoms with Gasteiger partial charge in [-0.3, -0.25) is 4.79 Å². The third-order valence-corrected chi connectivity index (χ3v) is 6.27. The first kappa shape index (κ1) is 22.6. The summed E-state index contributed by atoms with van der Waals surface area (Å²) in [4.78, 5) is 13.0. The van der Waals surface area contributed by atoms with Crippen molar-refractivity contribution in [2.45, 2.75) is 72.2 Å². The van der Waals surface area contributed by atoms with Gasteiger partial charge in [0.1, 0.15) is 0 Å². The molecule has 0 saturated heterocycles. The molecule has 1 aromatic carbocycles. The smallest absolute Gasteiger partial charge is 0.252 e. The topological polar surface area (TPSA) is 66.5 Å². The summed E-state index contributed by atoms with van der Waals surface area (Å²) in [5, 5.41) is 3.06. The van der Waals surface area contributed by atoms with Crippen LogP contribution in [-0.2, 0) is 10.0 Å². The molecule has 0 aromatic heterocycles. The number of nitrogens with one attached hydrogen (secondary N) is 1. The van der Waals surface area contributed by atoms with Crippen molar-refractivity contribution < 1.29 is 13.2 Å². The molecule has 0 aliphatic rings. The molecule has 1 aromatic rings. The molecule has 0 unspecified atom stereocenters. The number of aryl methyl sites for hydroxylation is 1. The van der Waals surface area contributed by atoms with Gasteiger partial charge in [-0.2, -0.15) is 4.31 Å². The monoisotopic (exact) mass is 382 g/mol. The van der Waals surface area contributed by atoms with Gasteiger partial charge in [0.15, 0.2) is 0 Å². The van der Waals surface area contributed by atoms with Gasteiger partial charge in [0.25, 0.3) is 5.91 Å². The second-order valence-corrected chi connectivity index (χ2v) is 10.6. The number of amides is 1. The molecule has 1 N–H and O–H groups in total. The van der Waals surface area contributed by atoms with Crippen LogP contribution in [0.5, 0.6) is 0 Å². The Morgan fingerprint density at radius 1 is 1.08 bits per heavy atom. The van der Waals surface area contributed by atoms with Gasteiger partial charge < -0.3 is 5.32 Å². The fraction of sp³-hybridized carbons (Fsp3) is 0.650. The van der Waals surface area contributed by atoms with Crippen molar-refractivity contribution in [3.63, 3.8) is 0 Å². The second-order valence-electron chi connectivity index (χ2n) is 8.64. The Labute approximate surface area is 159 Å². The highest BCUT2D eigenvalue weighted by Crippen LogP contribution is 2.27. The zero-order chi connectivity index (χ0) is 20.3. The number of hydrogen-bond donors (Lipinski definition) is 1. The number of sulfonamides is 1. The van der Waals surface area contributed by atoms with Crippen LogP contribution in [0.4, 0.5) is 0 Å². The Morgan fingerprint density at radius 2 is 1.62 bits per heavy atom. The van der Waals surface area contributed by atoms with E-state index < -0.39 is 15.6 Å². The van der Waals surface area contributed by atoms with Gasteiger partial charge in [0.05, 0.1) is 4.90 Å². The first-order valence-electron chi connectivity index (χ1n) is 9.17. The van der Waals surface area contributed by atoms with E-state index in [-0.39, 0.29) is 16.2 Å². The van der Waals surface area contributed by atoms with Crippen molar-refractivity contribution in [1.82, 2.24) is 9.62 Å². The molecule has 1 rings (SSSR count). The van der Waals surface area contributed by atoms with Crippen molar-refractivity contribution in [2.24, 2.45) is 5.41 Å². The van der Waals surface area contributed by atoms with Gasteiger partial charge in [-0.05, 0) is 50.3 Å². The highest BCUT2D eigenvalue weighted by molar-refractivity contribution is 7.89. The van der Waals surface area contributed by atoms with E-state index in [4.69, 9.17) is 0 Å². The summed E-state index contributed by atoms with van der Waals surface area (Å²) >= 11 is 0. The van der Waals surface area contributed by atoms with Crippen molar-refractivity contribution in [1.29, 1.82) is 0 Å². The van der Waals surface area contributed by atoms with Gasteiger partial charge >= 0.3 is 0 Å². The normalized spacial score (nSPS) is 13.1. The van der Waals surface area contributed by atoms with Crippen LogP contribution in [0.15, 0.2) is 23.1 Å². The van der Waals surface area contributed by atoms with Crippen LogP contribution in [0.3, 0.4) is 0 Å². The van der Waals surface area contributed by atoms with Crippen molar-refractivity contribution >= 4 is 15.9 Å². The largest absolute Gasteiger partial charge is 0.347 e. The van der Waals surface area contributed by atoms with Gasteiger partial charge in [-0.25, -0.2) is 8.42 Å². The number of nitrogens with zero attached hydrogens (tertiary/aromatic N) is 1. The minimum Gasteiger partial charge on any atom is -0.347 e. The fourth-order valence-corrected chi connectivity index (χ4v) is 4.95. The van der Waals surface area contributed by atoms with Gasteiger partial charge in [0.2, 0.25) is 10.0 Å². The van der Waals surface area contributed by atoms with Crippen LogP contribution in [0, 0.1) is 12.3 Å². The summed E-state index contributed by atoms with van der Waals surface area (Å²) < 4.78 is 26.9. The summed E-state index contributed by atoms with van der Waals surface area (Å²) in [6.07, 6.45) is 0.808. The average Bonchev–Trinajstić information content (AvgIpc) is 2.45. The van der Waals surface area contributed by atoms with E-state index in [0.717, 1.165) is 12.0 Å². The molecule has 0 aliphatic heterocycles. The maximum atomic E-state index is 12.8. The maximum Gasteiger partial charge on any atom is 0.252 e. The molecule has 148 valence electrons. The molecule has 0 saturated carbocycles. The second kappa shape index (κ2) is 8.09. The summed E-state index contributed by atoms with van der Waals surface area (Å²) in [6, 6.07) is 4.76. The predicted octanol–water partition coefficient (Wildman–Crippen LogP) is 3.97. The predicted molar refractivity (Wildman–Crippen MR) is 107 cm³/mol. The van der Waals surface area contributed by atoms with Gasteiger partial charge in [-0.1, -0.05) is 40.7 Å². The summed E-state index contributed by atoms with van der Waals surface area (Å²) in [7, 11) is -3.59. The molecule has 0 atom stereocenters. The highest BCUT2D eigenvalue weighted by atomic mass is 32.2. The Hall–Kier alpha value is -1.40. The lowest BCUT2D eigenvalue weighted by atomic mass is 9.81. The Kier molecular flexibility index (Phi) is 7.04. The number of carbonyl (C=O) groups excluding carboxylic acids is 1. The molecule has 0 bridgehead atoms. The van der Waals surface area contributed by atoms with Crippen LogP contribution >= 0.6 is 0 Å². The van der Waals surface area contributed by atoms with Crippen molar-refractivity contribution in [3.05, 3.63) is 29.3 Å². The Balaban J connectivity index is 3.20. The van der Waals surface area contributed by atoms with E-state index in [1.54, 1.807) is 26.0 Å². The summed E-state index contributed by atoms with van der Waals surface area (Å²) in [6.45, 7) is 16.6. The van der Waals surface area contributed by atoms with Crippen LogP contribution in [0.1, 0.15) is 70.8 Å². The SMILES string of the molecule is CCN(CC)S(=O)(=O)c1ccc(C)c(C(=O)NC(C)(C)CC(C)(C)C)c1. The lowest BCUT2D eigenvalue weighted by molar-refractivity contribution is 0.0890. The molecule has 0 aliphatic carbocycles. The Morgan fingerprint density at radius 3 is 2.08 bits per heavy atom. The first-order chi connectivity index (χ1) is 11.7. The molecule has 0 fully saturated rings. The third kappa shape index (κ3) is 5.81. The van der Waals surface area contributed by atoms with Crippen LogP contribution < -0.4 is 5.32 Å². The van der Waals surface area contributed by atoms with Crippen LogP contribution in [0.25, 0.3) is 0 Å². The van der Waals surface area contributed by atoms with E-state index in [1.165, 1.54) is 10.4 Å². The molecular weight excluding hydrogens is 348 g/mol. The quantitative estimate of drug-likeness (QED) is 0.776. The number of hydrogen-bond acceptors (Lipinski definition) is 3. The van der Waals surface area contributed by atoms with E-state index in [9.17, 15) is 13.2 Å². The Bertz CT molecular complexity index is 743. The van der Waals surface area contributed by atoms with E-state index >= 15 is 0 Å². The van der Waals surface area contributed by atoms with Gasteiger partial charge in [0, 0.05) is 24.2 Å². The number of benzene rings is 1.